The van der Waals surface area contributed by atoms with Crippen LogP contribution in [0.5, 0.6) is 17.2 Å². The predicted molar refractivity (Wildman–Crippen MR) is 130 cm³/mol. The number of nitrogens with one attached hydrogen (secondary N) is 1. The van der Waals surface area contributed by atoms with Crippen molar-refractivity contribution in [3.63, 3.8) is 0 Å². The quantitative estimate of drug-likeness (QED) is 0.410. The molecule has 0 radical (unpaired) electrons. The number of hydrogen-bond acceptors (Lipinski definition) is 6. The lowest BCUT2D eigenvalue weighted by Gasteiger charge is -2.20. The number of benzene rings is 3. The Hall–Kier alpha value is -4.13. The second-order valence-electron chi connectivity index (χ2n) is 8.37. The van der Waals surface area contributed by atoms with E-state index in [1.807, 2.05) is 13.0 Å². The summed E-state index contributed by atoms with van der Waals surface area (Å²) in [6.07, 6.45) is 0.810. The van der Waals surface area contributed by atoms with Crippen LogP contribution in [0, 0.1) is 0 Å². The highest BCUT2D eigenvalue weighted by molar-refractivity contribution is 6.09. The van der Waals surface area contributed by atoms with Crippen LogP contribution in [0.15, 0.2) is 66.7 Å². The molecule has 1 atom stereocenters. The number of ketones is 1. The van der Waals surface area contributed by atoms with E-state index in [-0.39, 0.29) is 5.78 Å². The molecule has 7 heteroatoms. The van der Waals surface area contributed by atoms with Gasteiger partial charge in [-0.05, 0) is 80.4 Å². The van der Waals surface area contributed by atoms with E-state index in [4.69, 9.17) is 14.2 Å². The Kier molecular flexibility index (Phi) is 6.87. The van der Waals surface area contributed by atoms with Crippen molar-refractivity contribution in [2.75, 3.05) is 6.61 Å². The first-order chi connectivity index (χ1) is 16.8. The maximum Gasteiger partial charge on any atom is 0.415 e. The first-order valence-corrected chi connectivity index (χ1v) is 11.6. The zero-order chi connectivity index (χ0) is 25.0. The molecule has 1 fully saturated rings. The number of carbonyl (C=O) groups is 3. The van der Waals surface area contributed by atoms with Gasteiger partial charge in [0.15, 0.2) is 5.78 Å². The van der Waals surface area contributed by atoms with Crippen molar-refractivity contribution in [3.05, 3.63) is 89.0 Å². The molecule has 0 spiro atoms. The standard InChI is InChI=1S/C28H27NO6/c1-4-7-19-16-20(25(30)18-10-13-22(14-11-18)33-5-2)12-15-24(19)34-23-9-6-8-21(17-23)28(3)26(31)29-27(32)35-28/h6,8-17H,4-5,7H2,1-3H3,(H,29,31,32). The van der Waals surface area contributed by atoms with Gasteiger partial charge in [-0.1, -0.05) is 25.5 Å². The first-order valence-electron chi connectivity index (χ1n) is 11.6. The minimum absolute atomic E-state index is 0.0825. The van der Waals surface area contributed by atoms with E-state index in [1.165, 1.54) is 6.92 Å². The highest BCUT2D eigenvalue weighted by atomic mass is 16.6. The largest absolute Gasteiger partial charge is 0.494 e. The van der Waals surface area contributed by atoms with Crippen molar-refractivity contribution in [1.29, 1.82) is 0 Å². The van der Waals surface area contributed by atoms with Gasteiger partial charge in [0.05, 0.1) is 6.61 Å². The fourth-order valence-corrected chi connectivity index (χ4v) is 3.96. The van der Waals surface area contributed by atoms with Gasteiger partial charge in [0, 0.05) is 16.7 Å². The van der Waals surface area contributed by atoms with Crippen LogP contribution in [-0.4, -0.2) is 24.4 Å². The number of rotatable bonds is 9. The number of alkyl carbamates (subject to hydrolysis) is 1. The minimum Gasteiger partial charge on any atom is -0.494 e. The van der Waals surface area contributed by atoms with E-state index in [2.05, 4.69) is 12.2 Å². The Bertz CT molecular complexity index is 1270. The lowest BCUT2D eigenvalue weighted by atomic mass is 9.95. The molecule has 1 N–H and O–H groups in total. The molecular formula is C28H27NO6. The summed E-state index contributed by atoms with van der Waals surface area (Å²) in [5.74, 6) is 1.22. The van der Waals surface area contributed by atoms with Crippen LogP contribution in [0.25, 0.3) is 0 Å². The van der Waals surface area contributed by atoms with E-state index < -0.39 is 17.6 Å². The lowest BCUT2D eigenvalue weighted by Crippen LogP contribution is -2.33. The molecule has 1 aliphatic rings. The monoisotopic (exact) mass is 473 g/mol. The Balaban J connectivity index is 1.59. The molecule has 1 aliphatic heterocycles. The minimum atomic E-state index is -1.42. The van der Waals surface area contributed by atoms with E-state index in [0.717, 1.165) is 24.2 Å². The van der Waals surface area contributed by atoms with E-state index in [1.54, 1.807) is 60.7 Å². The van der Waals surface area contributed by atoms with Crippen molar-refractivity contribution in [3.8, 4) is 17.2 Å². The summed E-state index contributed by atoms with van der Waals surface area (Å²) in [5, 5.41) is 2.16. The Morgan fingerprint density at radius 1 is 0.943 bits per heavy atom. The Morgan fingerprint density at radius 3 is 2.34 bits per heavy atom. The maximum absolute atomic E-state index is 13.1. The molecule has 0 saturated carbocycles. The molecule has 0 aromatic heterocycles. The molecule has 7 nitrogen and oxygen atoms in total. The topological polar surface area (TPSA) is 90.9 Å². The summed E-state index contributed by atoms with van der Waals surface area (Å²) in [4.78, 5) is 36.9. The maximum atomic E-state index is 13.1. The summed E-state index contributed by atoms with van der Waals surface area (Å²) in [5.41, 5.74) is 1.12. The van der Waals surface area contributed by atoms with Gasteiger partial charge in [-0.15, -0.1) is 0 Å². The lowest BCUT2D eigenvalue weighted by molar-refractivity contribution is -0.130. The van der Waals surface area contributed by atoms with Gasteiger partial charge < -0.3 is 14.2 Å². The molecule has 180 valence electrons. The predicted octanol–water partition coefficient (Wildman–Crippen LogP) is 5.54. The molecule has 4 rings (SSSR count). The van der Waals surface area contributed by atoms with Crippen LogP contribution in [0.2, 0.25) is 0 Å². The Morgan fingerprint density at radius 2 is 1.69 bits per heavy atom. The third-order valence-electron chi connectivity index (χ3n) is 5.83. The van der Waals surface area contributed by atoms with Crippen LogP contribution in [-0.2, 0) is 21.6 Å². The Labute approximate surface area is 204 Å². The molecule has 0 bridgehead atoms. The van der Waals surface area contributed by atoms with Crippen LogP contribution in [0.3, 0.4) is 0 Å². The van der Waals surface area contributed by atoms with Crippen molar-refractivity contribution in [1.82, 2.24) is 5.32 Å². The van der Waals surface area contributed by atoms with Gasteiger partial charge in [-0.25, -0.2) is 4.79 Å². The molecular weight excluding hydrogens is 446 g/mol. The van der Waals surface area contributed by atoms with Crippen LogP contribution in [0.1, 0.15) is 54.2 Å². The second-order valence-corrected chi connectivity index (χ2v) is 8.37. The summed E-state index contributed by atoms with van der Waals surface area (Å²) < 4.78 is 16.8. The molecule has 0 aliphatic carbocycles. The van der Waals surface area contributed by atoms with Crippen LogP contribution < -0.4 is 14.8 Å². The molecule has 3 aromatic carbocycles. The average molecular weight is 474 g/mol. The van der Waals surface area contributed by atoms with Gasteiger partial charge in [0.25, 0.3) is 5.91 Å². The number of hydrogen-bond donors (Lipinski definition) is 1. The molecule has 1 heterocycles. The van der Waals surface area contributed by atoms with Crippen molar-refractivity contribution in [2.24, 2.45) is 0 Å². The third-order valence-corrected chi connectivity index (χ3v) is 5.83. The van der Waals surface area contributed by atoms with Gasteiger partial charge in [-0.3, -0.25) is 14.9 Å². The highest BCUT2D eigenvalue weighted by Crippen LogP contribution is 2.34. The fourth-order valence-electron chi connectivity index (χ4n) is 3.96. The summed E-state index contributed by atoms with van der Waals surface area (Å²) in [7, 11) is 0. The molecule has 3 aromatic rings. The highest BCUT2D eigenvalue weighted by Gasteiger charge is 2.46. The van der Waals surface area contributed by atoms with Gasteiger partial charge in [0.2, 0.25) is 5.60 Å². The summed E-state index contributed by atoms with van der Waals surface area (Å²) in [6, 6.07) is 19.3. The normalized spacial score (nSPS) is 17.0. The summed E-state index contributed by atoms with van der Waals surface area (Å²) in [6.45, 7) is 6.07. The van der Waals surface area contributed by atoms with Gasteiger partial charge in [0.1, 0.15) is 17.2 Å². The number of cyclic esters (lactones) is 1. The van der Waals surface area contributed by atoms with Crippen LogP contribution >= 0.6 is 0 Å². The molecule has 35 heavy (non-hydrogen) atoms. The SMILES string of the molecule is CCCc1cc(C(=O)c2ccc(OCC)cc2)ccc1Oc1cccc(C2(C)OC(=O)NC2=O)c1. The van der Waals surface area contributed by atoms with Gasteiger partial charge in [-0.2, -0.15) is 0 Å². The number of imide groups is 1. The second kappa shape index (κ2) is 10.0. The van der Waals surface area contributed by atoms with E-state index in [9.17, 15) is 14.4 Å². The van der Waals surface area contributed by atoms with Crippen molar-refractivity contribution >= 4 is 17.8 Å². The zero-order valence-corrected chi connectivity index (χ0v) is 19.9. The van der Waals surface area contributed by atoms with Gasteiger partial charge >= 0.3 is 6.09 Å². The van der Waals surface area contributed by atoms with Crippen LogP contribution in [0.4, 0.5) is 4.79 Å². The number of ether oxygens (including phenoxy) is 3. The average Bonchev–Trinajstić information content (AvgIpc) is 3.12. The van der Waals surface area contributed by atoms with E-state index in [0.29, 0.717) is 34.8 Å². The molecule has 1 unspecified atom stereocenters. The van der Waals surface area contributed by atoms with Crippen molar-refractivity contribution in [2.45, 2.75) is 39.2 Å². The number of aryl methyl sites for hydroxylation is 1. The molecule has 2 amide bonds. The van der Waals surface area contributed by atoms with E-state index >= 15 is 0 Å². The summed E-state index contributed by atoms with van der Waals surface area (Å²) >= 11 is 0. The number of carbonyl (C=O) groups excluding carboxylic acids is 3. The first kappa shape index (κ1) is 24.0. The number of amides is 2. The van der Waals surface area contributed by atoms with Crippen molar-refractivity contribution < 1.29 is 28.6 Å². The third kappa shape index (κ3) is 5.04. The fraction of sp³-hybridized carbons (Fsp3) is 0.250. The molecule has 1 saturated heterocycles. The smallest absolute Gasteiger partial charge is 0.415 e. The zero-order valence-electron chi connectivity index (χ0n) is 19.9.